The second-order valence-electron chi connectivity index (χ2n) is 1.65. The first-order valence-corrected chi connectivity index (χ1v) is 3.39. The Labute approximate surface area is 96.5 Å². The van der Waals surface area contributed by atoms with Crippen LogP contribution in [0.1, 0.15) is 13.8 Å². The van der Waals surface area contributed by atoms with Gasteiger partial charge in [-0.2, -0.15) is 0 Å². The third-order valence-corrected chi connectivity index (χ3v) is 0.809. The number of ether oxygens (including phenoxy) is 2. The Bertz CT molecular complexity index is 161. The second-order valence-corrected chi connectivity index (χ2v) is 1.65. The number of halogens is 1. The molecule has 4 nitrogen and oxygen atoms in total. The van der Waals surface area contributed by atoms with Crippen molar-refractivity contribution in [2.24, 2.45) is 0 Å². The molecule has 0 heterocycles. The summed E-state index contributed by atoms with van der Waals surface area (Å²) >= 11 is 0. The van der Waals surface area contributed by atoms with Gasteiger partial charge in [0.15, 0.2) is 0 Å². The zero-order valence-corrected chi connectivity index (χ0v) is 11.4. The van der Waals surface area contributed by atoms with E-state index in [0.29, 0.717) is 0 Å². The molecule has 0 fully saturated rings. The van der Waals surface area contributed by atoms with E-state index in [4.69, 9.17) is 0 Å². The molecule has 0 atom stereocenters. The number of hydrogen-bond donors (Lipinski definition) is 0. The topological polar surface area (TPSA) is 55.4 Å². The second kappa shape index (κ2) is 11.7. The van der Waals surface area contributed by atoms with Crippen molar-refractivity contribution in [1.29, 1.82) is 0 Å². The molecular formula is C7H11ClO4Zn-. The van der Waals surface area contributed by atoms with E-state index in [1.165, 1.54) is 0 Å². The van der Waals surface area contributed by atoms with Gasteiger partial charge in [0, 0.05) is 19.5 Å². The van der Waals surface area contributed by atoms with E-state index in [2.05, 4.69) is 9.47 Å². The number of esters is 1. The largest absolute Gasteiger partial charge is 1.00 e. The predicted molar refractivity (Wildman–Crippen MR) is 37.0 cm³/mol. The van der Waals surface area contributed by atoms with E-state index in [1.54, 1.807) is 13.8 Å². The molecule has 1 radical (unpaired) electrons. The number of rotatable bonds is 4. The molecule has 0 aromatic rings. The van der Waals surface area contributed by atoms with Gasteiger partial charge in [-0.3, -0.25) is 0 Å². The van der Waals surface area contributed by atoms with E-state index < -0.39 is 11.9 Å². The predicted octanol–water partition coefficient (Wildman–Crippen LogP) is -2.14. The Morgan fingerprint density at radius 1 is 1.23 bits per heavy atom. The summed E-state index contributed by atoms with van der Waals surface area (Å²) in [5.74, 6) is -1.32. The van der Waals surface area contributed by atoms with Crippen LogP contribution in [0.15, 0.2) is 12.0 Å². The molecule has 73 valence electrons. The average Bonchev–Trinajstić information content (AvgIpc) is 1.87. The fraction of sp³-hybridized carbons (Fsp3) is 0.571. The Hall–Kier alpha value is -0.277. The molecule has 0 aromatic carbocycles. The van der Waals surface area contributed by atoms with Gasteiger partial charge in [-0.25, -0.2) is 9.90 Å². The smallest absolute Gasteiger partial charge is 0.338 e. The van der Waals surface area contributed by atoms with Gasteiger partial charge < -0.3 is 21.9 Å². The number of carbonyl (C=O) groups excluding carboxylic acids is 1. The van der Waals surface area contributed by atoms with E-state index in [0.717, 1.165) is 6.08 Å². The minimum atomic E-state index is -0.661. The molecule has 0 saturated carbocycles. The van der Waals surface area contributed by atoms with Crippen LogP contribution in [0.2, 0.25) is 0 Å². The molecule has 0 aliphatic rings. The van der Waals surface area contributed by atoms with Crippen LogP contribution < -0.4 is 12.4 Å². The fourth-order valence-corrected chi connectivity index (χ4v) is 0.464. The summed E-state index contributed by atoms with van der Waals surface area (Å²) in [7, 11) is 0. The van der Waals surface area contributed by atoms with Crippen LogP contribution >= 0.6 is 0 Å². The van der Waals surface area contributed by atoms with Gasteiger partial charge in [-0.1, -0.05) is 0 Å². The third kappa shape index (κ3) is 11.7. The van der Waals surface area contributed by atoms with Gasteiger partial charge in [0.2, 0.25) is 0 Å². The van der Waals surface area contributed by atoms with Gasteiger partial charge >= 0.3 is 11.9 Å². The SMILES string of the molecule is CCOC(=O)C=C([O])OCC.[Cl-].[Zn]. The molecule has 0 aliphatic heterocycles. The maximum atomic E-state index is 10.5. The van der Waals surface area contributed by atoms with E-state index in [-0.39, 0.29) is 45.1 Å². The van der Waals surface area contributed by atoms with Gasteiger partial charge in [-0.15, -0.1) is 0 Å². The van der Waals surface area contributed by atoms with Crippen molar-refractivity contribution in [3.8, 4) is 0 Å². The first kappa shape index (κ1) is 18.5. The van der Waals surface area contributed by atoms with E-state index in [9.17, 15) is 9.90 Å². The Morgan fingerprint density at radius 2 is 1.69 bits per heavy atom. The van der Waals surface area contributed by atoms with Crippen molar-refractivity contribution < 1.29 is 51.3 Å². The summed E-state index contributed by atoms with van der Waals surface area (Å²) < 4.78 is 8.93. The third-order valence-electron chi connectivity index (χ3n) is 0.809. The standard InChI is InChI=1S/C7H11O4.ClH.Zn/c1-3-10-6(8)5-7(9)11-4-2;;/h5H,3-4H2,1-2H3;1H;/p-1. The first-order valence-electron chi connectivity index (χ1n) is 3.39. The van der Waals surface area contributed by atoms with Gasteiger partial charge in [0.25, 0.3) is 0 Å². The molecule has 0 amide bonds. The van der Waals surface area contributed by atoms with Crippen LogP contribution in [0.3, 0.4) is 0 Å². The van der Waals surface area contributed by atoms with Gasteiger partial charge in [0.05, 0.1) is 13.2 Å². The van der Waals surface area contributed by atoms with Gasteiger partial charge in [0.1, 0.15) is 6.08 Å². The Morgan fingerprint density at radius 3 is 2.08 bits per heavy atom. The minimum Gasteiger partial charge on any atom is -1.00 e. The maximum Gasteiger partial charge on any atom is 0.338 e. The molecule has 13 heavy (non-hydrogen) atoms. The zero-order chi connectivity index (χ0) is 8.69. The molecule has 0 unspecified atom stereocenters. The van der Waals surface area contributed by atoms with Crippen molar-refractivity contribution >= 4 is 5.97 Å². The summed E-state index contributed by atoms with van der Waals surface area (Å²) in [6.45, 7) is 3.84. The van der Waals surface area contributed by atoms with Crippen LogP contribution in [0.5, 0.6) is 0 Å². The number of carbonyl (C=O) groups is 1. The molecule has 0 N–H and O–H groups in total. The molecule has 6 heteroatoms. The fourth-order valence-electron chi connectivity index (χ4n) is 0.464. The normalized spacial score (nSPS) is 9.23. The Kier molecular flexibility index (Phi) is 16.7. The quantitative estimate of drug-likeness (QED) is 0.251. The van der Waals surface area contributed by atoms with Crippen LogP contribution in [-0.4, -0.2) is 19.2 Å². The summed E-state index contributed by atoms with van der Waals surface area (Å²) in [6.07, 6.45) is 0.785. The maximum absolute atomic E-state index is 10.5. The van der Waals surface area contributed by atoms with Crippen LogP contribution in [0, 0.1) is 0 Å². The van der Waals surface area contributed by atoms with Crippen molar-refractivity contribution in [2.75, 3.05) is 13.2 Å². The first-order chi connectivity index (χ1) is 5.20. The molecule has 0 spiro atoms. The monoisotopic (exact) mass is 258 g/mol. The van der Waals surface area contributed by atoms with Crippen LogP contribution in [0.25, 0.3) is 0 Å². The van der Waals surface area contributed by atoms with Crippen LogP contribution in [-0.2, 0) is 38.9 Å². The minimum absolute atomic E-state index is 0. The van der Waals surface area contributed by atoms with E-state index in [1.807, 2.05) is 0 Å². The molecule has 0 saturated heterocycles. The van der Waals surface area contributed by atoms with Crippen molar-refractivity contribution in [3.63, 3.8) is 0 Å². The zero-order valence-electron chi connectivity index (χ0n) is 7.71. The summed E-state index contributed by atoms with van der Waals surface area (Å²) in [4.78, 5) is 10.5. The van der Waals surface area contributed by atoms with Crippen molar-refractivity contribution in [1.82, 2.24) is 0 Å². The van der Waals surface area contributed by atoms with Crippen molar-refractivity contribution in [3.05, 3.63) is 12.0 Å². The number of hydrogen-bond acceptors (Lipinski definition) is 3. The average molecular weight is 260 g/mol. The molecule has 0 aromatic heterocycles. The molecular weight excluding hydrogens is 249 g/mol. The summed E-state index contributed by atoms with van der Waals surface area (Å²) in [5.41, 5.74) is 0. The van der Waals surface area contributed by atoms with Crippen LogP contribution in [0.4, 0.5) is 0 Å². The van der Waals surface area contributed by atoms with Crippen molar-refractivity contribution in [2.45, 2.75) is 13.8 Å². The summed E-state index contributed by atoms with van der Waals surface area (Å²) in [5, 5.41) is 10.5. The molecule has 0 bridgehead atoms. The molecule has 0 aliphatic carbocycles. The van der Waals surface area contributed by atoms with Gasteiger partial charge in [-0.05, 0) is 13.8 Å². The Balaban J connectivity index is -0.000000500. The molecule has 0 rings (SSSR count). The summed E-state index contributed by atoms with van der Waals surface area (Å²) in [6, 6.07) is 0. The van der Waals surface area contributed by atoms with E-state index >= 15 is 0 Å².